The molecule has 3 heterocycles. The van der Waals surface area contributed by atoms with E-state index >= 15 is 0 Å². The summed E-state index contributed by atoms with van der Waals surface area (Å²) >= 11 is 0. The molecule has 1 aliphatic heterocycles. The summed E-state index contributed by atoms with van der Waals surface area (Å²) < 4.78 is 1.90. The van der Waals surface area contributed by atoms with Crippen LogP contribution in [-0.2, 0) is 13.0 Å². The number of aromatic nitrogens is 6. The third-order valence-electron chi connectivity index (χ3n) is 4.44. The minimum absolute atomic E-state index is 0.616. The second kappa shape index (κ2) is 8.19. The maximum absolute atomic E-state index is 4.52. The van der Waals surface area contributed by atoms with Gasteiger partial charge in [0.15, 0.2) is 5.69 Å². The van der Waals surface area contributed by atoms with E-state index in [1.54, 1.807) is 0 Å². The van der Waals surface area contributed by atoms with Gasteiger partial charge in [-0.2, -0.15) is 5.10 Å². The van der Waals surface area contributed by atoms with Crippen LogP contribution in [0.25, 0.3) is 11.5 Å². The van der Waals surface area contributed by atoms with Crippen molar-refractivity contribution >= 4 is 0 Å². The van der Waals surface area contributed by atoms with Crippen LogP contribution in [0.4, 0.5) is 0 Å². The van der Waals surface area contributed by atoms with E-state index < -0.39 is 0 Å². The SMILES string of the molecule is CCCCCc1nc(-c2cn(CCC3CCCCN3)nn2)n[nH]1. The molecule has 7 nitrogen and oxygen atoms in total. The minimum atomic E-state index is 0.616. The molecule has 2 aromatic rings. The van der Waals surface area contributed by atoms with Crippen molar-refractivity contribution in [2.45, 2.75) is 70.9 Å². The average molecular weight is 317 g/mol. The molecular weight excluding hydrogens is 290 g/mol. The Balaban J connectivity index is 1.52. The molecule has 0 radical (unpaired) electrons. The Bertz CT molecular complexity index is 583. The number of aryl methyl sites for hydroxylation is 2. The molecule has 3 rings (SSSR count). The van der Waals surface area contributed by atoms with E-state index in [1.165, 1.54) is 32.1 Å². The molecule has 2 N–H and O–H groups in total. The monoisotopic (exact) mass is 317 g/mol. The van der Waals surface area contributed by atoms with Crippen LogP contribution < -0.4 is 5.32 Å². The van der Waals surface area contributed by atoms with Gasteiger partial charge in [0.25, 0.3) is 0 Å². The largest absolute Gasteiger partial charge is 0.314 e. The molecular formula is C16H27N7. The molecule has 1 unspecified atom stereocenters. The number of nitrogens with one attached hydrogen (secondary N) is 2. The lowest BCUT2D eigenvalue weighted by Crippen LogP contribution is -2.34. The predicted octanol–water partition coefficient (Wildman–Crippen LogP) is 2.33. The Labute approximate surface area is 137 Å². The molecule has 126 valence electrons. The molecule has 1 saturated heterocycles. The first-order chi connectivity index (χ1) is 11.3. The highest BCUT2D eigenvalue weighted by atomic mass is 15.4. The maximum atomic E-state index is 4.52. The Morgan fingerprint density at radius 3 is 3.09 bits per heavy atom. The summed E-state index contributed by atoms with van der Waals surface area (Å²) in [6.45, 7) is 4.23. The smallest absolute Gasteiger partial charge is 0.203 e. The Hall–Kier alpha value is -1.76. The molecule has 1 aliphatic rings. The molecule has 0 saturated carbocycles. The molecule has 0 bridgehead atoms. The summed E-state index contributed by atoms with van der Waals surface area (Å²) in [6.07, 6.45) is 11.5. The number of aromatic amines is 1. The van der Waals surface area contributed by atoms with Crippen molar-refractivity contribution in [2.24, 2.45) is 0 Å². The average Bonchev–Trinajstić information content (AvgIpc) is 3.23. The third-order valence-corrected chi connectivity index (χ3v) is 4.44. The van der Waals surface area contributed by atoms with Crippen LogP contribution >= 0.6 is 0 Å². The van der Waals surface area contributed by atoms with Gasteiger partial charge in [0.1, 0.15) is 5.82 Å². The number of hydrogen-bond acceptors (Lipinski definition) is 5. The lowest BCUT2D eigenvalue weighted by Gasteiger charge is -2.23. The van der Waals surface area contributed by atoms with Crippen LogP contribution in [0, 0.1) is 0 Å². The molecule has 1 fully saturated rings. The summed E-state index contributed by atoms with van der Waals surface area (Å²) in [6, 6.07) is 0.616. The Kier molecular flexibility index (Phi) is 5.74. The number of piperidine rings is 1. The molecule has 1 atom stereocenters. The lowest BCUT2D eigenvalue weighted by atomic mass is 10.0. The van der Waals surface area contributed by atoms with Gasteiger partial charge in [-0.1, -0.05) is 31.4 Å². The molecule has 0 amide bonds. The van der Waals surface area contributed by atoms with Crippen LogP contribution in [-0.4, -0.2) is 42.8 Å². The van der Waals surface area contributed by atoms with Gasteiger partial charge in [0.2, 0.25) is 5.82 Å². The normalized spacial score (nSPS) is 18.4. The number of nitrogens with zero attached hydrogens (tertiary/aromatic N) is 5. The van der Waals surface area contributed by atoms with Gasteiger partial charge in [0, 0.05) is 19.0 Å². The van der Waals surface area contributed by atoms with Crippen molar-refractivity contribution in [1.29, 1.82) is 0 Å². The van der Waals surface area contributed by atoms with E-state index in [9.17, 15) is 0 Å². The maximum Gasteiger partial charge on any atom is 0.203 e. The van der Waals surface area contributed by atoms with Crippen molar-refractivity contribution in [2.75, 3.05) is 6.54 Å². The Morgan fingerprint density at radius 1 is 1.30 bits per heavy atom. The van der Waals surface area contributed by atoms with Gasteiger partial charge in [-0.3, -0.25) is 9.78 Å². The molecule has 0 aliphatic carbocycles. The first kappa shape index (κ1) is 16.1. The van der Waals surface area contributed by atoms with Crippen molar-refractivity contribution < 1.29 is 0 Å². The van der Waals surface area contributed by atoms with E-state index in [0.717, 1.165) is 43.9 Å². The molecule has 7 heteroatoms. The third kappa shape index (κ3) is 4.60. The molecule has 23 heavy (non-hydrogen) atoms. The topological polar surface area (TPSA) is 84.3 Å². The van der Waals surface area contributed by atoms with Gasteiger partial charge in [0.05, 0.1) is 6.20 Å². The number of rotatable bonds is 8. The van der Waals surface area contributed by atoms with E-state index in [1.807, 2.05) is 10.9 Å². The fourth-order valence-electron chi connectivity index (χ4n) is 3.03. The summed E-state index contributed by atoms with van der Waals surface area (Å²) in [5.74, 6) is 1.59. The van der Waals surface area contributed by atoms with E-state index in [-0.39, 0.29) is 0 Å². The number of unbranched alkanes of at least 4 members (excludes halogenated alkanes) is 2. The second-order valence-corrected chi connectivity index (χ2v) is 6.37. The number of hydrogen-bond donors (Lipinski definition) is 2. The minimum Gasteiger partial charge on any atom is -0.314 e. The standard InChI is InChI=1S/C16H27N7/c1-2-3-4-8-15-18-16(21-20-15)14-12-23(22-19-14)11-9-13-7-5-6-10-17-13/h12-13,17H,2-11H2,1H3,(H,18,20,21). The highest BCUT2D eigenvalue weighted by Crippen LogP contribution is 2.14. The first-order valence-electron chi connectivity index (χ1n) is 8.90. The highest BCUT2D eigenvalue weighted by Gasteiger charge is 2.14. The van der Waals surface area contributed by atoms with Gasteiger partial charge in [-0.05, 0) is 32.2 Å². The number of H-pyrrole nitrogens is 1. The van der Waals surface area contributed by atoms with Crippen molar-refractivity contribution in [3.8, 4) is 11.5 Å². The predicted molar refractivity (Wildman–Crippen MR) is 88.9 cm³/mol. The van der Waals surface area contributed by atoms with E-state index in [0.29, 0.717) is 11.9 Å². The summed E-state index contributed by atoms with van der Waals surface area (Å²) in [7, 11) is 0. The fraction of sp³-hybridized carbons (Fsp3) is 0.750. The molecule has 2 aromatic heterocycles. The molecule has 0 aromatic carbocycles. The first-order valence-corrected chi connectivity index (χ1v) is 8.90. The Morgan fingerprint density at radius 2 is 2.26 bits per heavy atom. The highest BCUT2D eigenvalue weighted by molar-refractivity contribution is 5.45. The van der Waals surface area contributed by atoms with Gasteiger partial charge in [-0.25, -0.2) is 4.98 Å². The van der Waals surface area contributed by atoms with Gasteiger partial charge >= 0.3 is 0 Å². The van der Waals surface area contributed by atoms with Crippen molar-refractivity contribution in [3.63, 3.8) is 0 Å². The summed E-state index contributed by atoms with van der Waals surface area (Å²) in [4.78, 5) is 4.52. The molecule has 0 spiro atoms. The van der Waals surface area contributed by atoms with Crippen molar-refractivity contribution in [3.05, 3.63) is 12.0 Å². The van der Waals surface area contributed by atoms with E-state index in [4.69, 9.17) is 0 Å². The zero-order valence-electron chi connectivity index (χ0n) is 14.0. The van der Waals surface area contributed by atoms with Crippen LogP contribution in [0.1, 0.15) is 57.7 Å². The van der Waals surface area contributed by atoms with Crippen LogP contribution in [0.5, 0.6) is 0 Å². The van der Waals surface area contributed by atoms with Crippen molar-refractivity contribution in [1.82, 2.24) is 35.5 Å². The summed E-state index contributed by atoms with van der Waals surface area (Å²) in [5, 5.41) is 19.3. The van der Waals surface area contributed by atoms with Gasteiger partial charge < -0.3 is 5.32 Å². The van der Waals surface area contributed by atoms with Crippen LogP contribution in [0.2, 0.25) is 0 Å². The zero-order chi connectivity index (χ0) is 15.9. The fourth-order valence-corrected chi connectivity index (χ4v) is 3.03. The lowest BCUT2D eigenvalue weighted by molar-refractivity contribution is 0.359. The zero-order valence-corrected chi connectivity index (χ0v) is 14.0. The quantitative estimate of drug-likeness (QED) is 0.730. The van der Waals surface area contributed by atoms with Gasteiger partial charge in [-0.15, -0.1) is 5.10 Å². The van der Waals surface area contributed by atoms with Crippen LogP contribution in [0.3, 0.4) is 0 Å². The van der Waals surface area contributed by atoms with E-state index in [2.05, 4.69) is 37.7 Å². The summed E-state index contributed by atoms with van der Waals surface area (Å²) in [5.41, 5.74) is 0.750. The second-order valence-electron chi connectivity index (χ2n) is 6.37. The van der Waals surface area contributed by atoms with Crippen LogP contribution in [0.15, 0.2) is 6.20 Å².